The summed E-state index contributed by atoms with van der Waals surface area (Å²) in [5.74, 6) is 0.551. The van der Waals surface area contributed by atoms with Gasteiger partial charge in [0.1, 0.15) is 12.2 Å². The van der Waals surface area contributed by atoms with Gasteiger partial charge in [-0.2, -0.15) is 0 Å². The van der Waals surface area contributed by atoms with E-state index < -0.39 is 0 Å². The first kappa shape index (κ1) is 20.1. The van der Waals surface area contributed by atoms with Gasteiger partial charge in [0, 0.05) is 12.2 Å². The molecule has 0 heterocycles. The maximum atomic E-state index is 12.7. The fourth-order valence-electron chi connectivity index (χ4n) is 3.00. The van der Waals surface area contributed by atoms with Crippen molar-refractivity contribution in [2.24, 2.45) is 0 Å². The minimum atomic E-state index is -0.384. The standard InChI is InChI=1S/C24H24N2O3/c1-3-26(19-11-9-10-18(2)16-19)24(28)17-23(27)25-21-14-7-8-15-22(21)29-20-12-5-4-6-13-20/h4-16H,3,17H2,1-2H3,(H,25,27). The molecule has 0 unspecified atom stereocenters. The van der Waals surface area contributed by atoms with Gasteiger partial charge in [-0.1, -0.05) is 42.5 Å². The number of hydrogen-bond donors (Lipinski definition) is 1. The molecule has 0 bridgehead atoms. The molecule has 5 nitrogen and oxygen atoms in total. The van der Waals surface area contributed by atoms with Crippen LogP contribution in [0.2, 0.25) is 0 Å². The molecule has 0 aromatic heterocycles. The van der Waals surface area contributed by atoms with Crippen LogP contribution in [0.15, 0.2) is 78.9 Å². The van der Waals surface area contributed by atoms with Crippen molar-refractivity contribution < 1.29 is 14.3 Å². The Morgan fingerprint density at radius 1 is 0.931 bits per heavy atom. The first-order valence-electron chi connectivity index (χ1n) is 9.55. The Morgan fingerprint density at radius 2 is 1.66 bits per heavy atom. The largest absolute Gasteiger partial charge is 0.455 e. The number of ether oxygens (including phenoxy) is 1. The molecule has 1 N–H and O–H groups in total. The number of nitrogens with one attached hydrogen (secondary N) is 1. The summed E-state index contributed by atoms with van der Waals surface area (Å²) in [6.45, 7) is 4.35. The first-order chi connectivity index (χ1) is 14.1. The van der Waals surface area contributed by atoms with Crippen LogP contribution in [0.4, 0.5) is 11.4 Å². The number of amides is 2. The zero-order chi connectivity index (χ0) is 20.6. The predicted molar refractivity (Wildman–Crippen MR) is 115 cm³/mol. The second-order valence-electron chi connectivity index (χ2n) is 6.61. The molecular formula is C24H24N2O3. The Morgan fingerprint density at radius 3 is 2.38 bits per heavy atom. The Bertz CT molecular complexity index is 986. The number of carbonyl (C=O) groups is 2. The Hall–Kier alpha value is -3.60. The molecule has 0 saturated carbocycles. The average molecular weight is 388 g/mol. The monoisotopic (exact) mass is 388 g/mol. The Labute approximate surface area is 170 Å². The van der Waals surface area contributed by atoms with Gasteiger partial charge >= 0.3 is 0 Å². The lowest BCUT2D eigenvalue weighted by molar-refractivity contribution is -0.125. The fourth-order valence-corrected chi connectivity index (χ4v) is 3.00. The highest BCUT2D eigenvalue weighted by Crippen LogP contribution is 2.29. The number of nitrogens with zero attached hydrogens (tertiary/aromatic N) is 1. The third-order valence-electron chi connectivity index (χ3n) is 4.37. The van der Waals surface area contributed by atoms with Crippen LogP contribution in [0.25, 0.3) is 0 Å². The minimum absolute atomic E-state index is 0.249. The summed E-state index contributed by atoms with van der Waals surface area (Å²) in [6, 6.07) is 24.2. The van der Waals surface area contributed by atoms with Crippen LogP contribution in [0, 0.1) is 6.92 Å². The van der Waals surface area contributed by atoms with E-state index in [1.54, 1.807) is 23.1 Å². The van der Waals surface area contributed by atoms with Crippen LogP contribution in [0.1, 0.15) is 18.9 Å². The summed E-state index contributed by atoms with van der Waals surface area (Å²) < 4.78 is 5.86. The summed E-state index contributed by atoms with van der Waals surface area (Å²) >= 11 is 0. The zero-order valence-electron chi connectivity index (χ0n) is 16.6. The van der Waals surface area contributed by atoms with Crippen LogP contribution >= 0.6 is 0 Å². The van der Waals surface area contributed by atoms with E-state index in [1.807, 2.05) is 74.5 Å². The number of aryl methyl sites for hydroxylation is 1. The molecule has 0 aliphatic carbocycles. The maximum absolute atomic E-state index is 12.7. The van der Waals surface area contributed by atoms with Gasteiger partial charge in [-0.05, 0) is 55.8 Å². The lowest BCUT2D eigenvalue weighted by Crippen LogP contribution is -2.33. The number of anilines is 2. The van der Waals surface area contributed by atoms with Crippen LogP contribution in [0.5, 0.6) is 11.5 Å². The van der Waals surface area contributed by atoms with E-state index in [-0.39, 0.29) is 18.2 Å². The average Bonchev–Trinajstić information content (AvgIpc) is 2.71. The second-order valence-corrected chi connectivity index (χ2v) is 6.61. The summed E-state index contributed by atoms with van der Waals surface area (Å²) in [5.41, 5.74) is 2.37. The van der Waals surface area contributed by atoms with Crippen molar-refractivity contribution in [1.29, 1.82) is 0 Å². The van der Waals surface area contributed by atoms with E-state index in [1.165, 1.54) is 0 Å². The van der Waals surface area contributed by atoms with Crippen molar-refractivity contribution in [3.63, 3.8) is 0 Å². The van der Waals surface area contributed by atoms with E-state index in [2.05, 4.69) is 5.32 Å². The van der Waals surface area contributed by atoms with Crippen molar-refractivity contribution in [2.75, 3.05) is 16.8 Å². The van der Waals surface area contributed by atoms with Gasteiger partial charge in [0.15, 0.2) is 5.75 Å². The molecule has 0 atom stereocenters. The minimum Gasteiger partial charge on any atom is -0.455 e. The molecule has 0 aliphatic rings. The zero-order valence-corrected chi connectivity index (χ0v) is 16.6. The number of benzene rings is 3. The normalized spacial score (nSPS) is 10.3. The molecule has 0 spiro atoms. The van der Waals surface area contributed by atoms with E-state index in [0.717, 1.165) is 11.3 Å². The number of para-hydroxylation sites is 3. The van der Waals surface area contributed by atoms with Crippen molar-refractivity contribution in [3.05, 3.63) is 84.4 Å². The summed E-state index contributed by atoms with van der Waals surface area (Å²) in [7, 11) is 0. The molecule has 5 heteroatoms. The number of hydrogen-bond acceptors (Lipinski definition) is 3. The SMILES string of the molecule is CCN(C(=O)CC(=O)Nc1ccccc1Oc1ccccc1)c1cccc(C)c1. The first-order valence-corrected chi connectivity index (χ1v) is 9.55. The fraction of sp³-hybridized carbons (Fsp3) is 0.167. The van der Waals surface area contributed by atoms with E-state index >= 15 is 0 Å². The van der Waals surface area contributed by atoms with Crippen LogP contribution in [-0.2, 0) is 9.59 Å². The van der Waals surface area contributed by atoms with Gasteiger partial charge in [0.25, 0.3) is 0 Å². The molecule has 2 amide bonds. The Kier molecular flexibility index (Phi) is 6.63. The van der Waals surface area contributed by atoms with Gasteiger partial charge in [0.2, 0.25) is 11.8 Å². The molecule has 3 aromatic carbocycles. The third kappa shape index (κ3) is 5.45. The summed E-state index contributed by atoms with van der Waals surface area (Å²) in [4.78, 5) is 26.8. The number of rotatable bonds is 7. The summed E-state index contributed by atoms with van der Waals surface area (Å²) in [6.07, 6.45) is -0.249. The lowest BCUT2D eigenvalue weighted by atomic mass is 10.2. The molecule has 0 radical (unpaired) electrons. The number of carbonyl (C=O) groups excluding carboxylic acids is 2. The molecule has 148 valence electrons. The van der Waals surface area contributed by atoms with Crippen molar-refractivity contribution >= 4 is 23.2 Å². The summed E-state index contributed by atoms with van der Waals surface area (Å²) in [5, 5.41) is 2.79. The molecule has 0 saturated heterocycles. The quantitative estimate of drug-likeness (QED) is 0.568. The van der Waals surface area contributed by atoms with Gasteiger partial charge in [-0.15, -0.1) is 0 Å². The third-order valence-corrected chi connectivity index (χ3v) is 4.37. The molecule has 3 aromatic rings. The van der Waals surface area contributed by atoms with E-state index in [4.69, 9.17) is 4.74 Å². The molecule has 0 fully saturated rings. The van der Waals surface area contributed by atoms with Crippen LogP contribution < -0.4 is 15.0 Å². The Balaban J connectivity index is 1.68. The van der Waals surface area contributed by atoms with Gasteiger partial charge in [-0.25, -0.2) is 0 Å². The highest BCUT2D eigenvalue weighted by atomic mass is 16.5. The molecule has 29 heavy (non-hydrogen) atoms. The lowest BCUT2D eigenvalue weighted by Gasteiger charge is -2.21. The van der Waals surface area contributed by atoms with Crippen molar-refractivity contribution in [2.45, 2.75) is 20.3 Å². The van der Waals surface area contributed by atoms with Crippen molar-refractivity contribution in [1.82, 2.24) is 0 Å². The topological polar surface area (TPSA) is 58.6 Å². The van der Waals surface area contributed by atoms with Gasteiger partial charge < -0.3 is 15.0 Å². The molecule has 3 rings (SSSR count). The van der Waals surface area contributed by atoms with Crippen LogP contribution in [0.3, 0.4) is 0 Å². The molecule has 0 aliphatic heterocycles. The van der Waals surface area contributed by atoms with Gasteiger partial charge in [0.05, 0.1) is 5.69 Å². The highest BCUT2D eigenvalue weighted by Gasteiger charge is 2.18. The molecular weight excluding hydrogens is 364 g/mol. The van der Waals surface area contributed by atoms with E-state index in [0.29, 0.717) is 23.7 Å². The smallest absolute Gasteiger partial charge is 0.236 e. The highest BCUT2D eigenvalue weighted by molar-refractivity contribution is 6.09. The van der Waals surface area contributed by atoms with Crippen molar-refractivity contribution in [3.8, 4) is 11.5 Å². The maximum Gasteiger partial charge on any atom is 0.236 e. The van der Waals surface area contributed by atoms with Gasteiger partial charge in [-0.3, -0.25) is 9.59 Å². The van der Waals surface area contributed by atoms with Crippen LogP contribution in [-0.4, -0.2) is 18.4 Å². The van der Waals surface area contributed by atoms with E-state index in [9.17, 15) is 9.59 Å². The predicted octanol–water partition coefficient (Wildman–Crippen LogP) is 5.17. The second kappa shape index (κ2) is 9.55.